The number of rotatable bonds is 3. The van der Waals surface area contributed by atoms with Gasteiger partial charge in [0.25, 0.3) is 0 Å². The summed E-state index contributed by atoms with van der Waals surface area (Å²) in [5, 5.41) is 9.48. The highest BCUT2D eigenvalue weighted by molar-refractivity contribution is 5.20. The van der Waals surface area contributed by atoms with E-state index in [1.165, 1.54) is 6.07 Å². The molecule has 1 aromatic rings. The molecule has 94 valence electrons. The minimum absolute atomic E-state index is 0.0539. The fraction of sp³-hybridized carbons (Fsp3) is 0.538. The monoisotopic (exact) mass is 238 g/mol. The van der Waals surface area contributed by atoms with Crippen molar-refractivity contribution in [3.05, 3.63) is 35.6 Å². The van der Waals surface area contributed by atoms with Gasteiger partial charge < -0.3 is 10.8 Å². The van der Waals surface area contributed by atoms with E-state index >= 15 is 0 Å². The lowest BCUT2D eigenvalue weighted by Crippen LogP contribution is -2.41. The average molecular weight is 238 g/mol. The van der Waals surface area contributed by atoms with E-state index < -0.39 is 0 Å². The van der Waals surface area contributed by atoms with E-state index in [1.54, 1.807) is 12.1 Å². The van der Waals surface area contributed by atoms with E-state index in [-0.39, 0.29) is 18.0 Å². The van der Waals surface area contributed by atoms with Crippen LogP contribution in [-0.4, -0.2) is 35.7 Å². The Morgan fingerprint density at radius 2 is 2.12 bits per heavy atom. The van der Waals surface area contributed by atoms with Gasteiger partial charge in [0.15, 0.2) is 0 Å². The first-order valence-electron chi connectivity index (χ1n) is 6.08. The molecule has 1 heterocycles. The molecule has 3 nitrogen and oxygen atoms in total. The summed E-state index contributed by atoms with van der Waals surface area (Å²) >= 11 is 0. The van der Waals surface area contributed by atoms with E-state index in [2.05, 4.69) is 4.90 Å². The zero-order chi connectivity index (χ0) is 12.3. The summed E-state index contributed by atoms with van der Waals surface area (Å²) in [5.41, 5.74) is 6.71. The Kier molecular flexibility index (Phi) is 4.10. The van der Waals surface area contributed by atoms with Crippen LogP contribution in [0.25, 0.3) is 0 Å². The molecule has 0 aliphatic carbocycles. The van der Waals surface area contributed by atoms with Crippen LogP contribution in [0.2, 0.25) is 0 Å². The van der Waals surface area contributed by atoms with Crippen LogP contribution in [0, 0.1) is 5.82 Å². The average Bonchev–Trinajstić information content (AvgIpc) is 2.33. The third kappa shape index (κ3) is 3.03. The van der Waals surface area contributed by atoms with Crippen molar-refractivity contribution >= 4 is 0 Å². The number of piperidine rings is 1. The van der Waals surface area contributed by atoms with Gasteiger partial charge in [-0.15, -0.1) is 0 Å². The first kappa shape index (κ1) is 12.5. The molecule has 1 atom stereocenters. The van der Waals surface area contributed by atoms with Gasteiger partial charge in [-0.05, 0) is 30.5 Å². The third-order valence-electron chi connectivity index (χ3n) is 3.40. The maximum atomic E-state index is 13.2. The summed E-state index contributed by atoms with van der Waals surface area (Å²) in [4.78, 5) is 2.22. The van der Waals surface area contributed by atoms with Crippen molar-refractivity contribution in [2.24, 2.45) is 5.73 Å². The van der Waals surface area contributed by atoms with Gasteiger partial charge in [-0.2, -0.15) is 0 Å². The normalized spacial score (nSPS) is 20.4. The number of hydrogen-bond acceptors (Lipinski definition) is 3. The van der Waals surface area contributed by atoms with Crippen molar-refractivity contribution in [1.82, 2.24) is 4.90 Å². The molecule has 0 amide bonds. The number of benzene rings is 1. The SMILES string of the molecule is NCC(c1cccc(F)c1)N1CCC(O)CC1. The van der Waals surface area contributed by atoms with Gasteiger partial charge in [0.05, 0.1) is 6.10 Å². The molecule has 1 aliphatic heterocycles. The number of halogens is 1. The molecule has 0 saturated carbocycles. The molecule has 3 N–H and O–H groups in total. The molecule has 1 saturated heterocycles. The van der Waals surface area contributed by atoms with Gasteiger partial charge >= 0.3 is 0 Å². The number of aliphatic hydroxyl groups excluding tert-OH is 1. The second-order valence-electron chi connectivity index (χ2n) is 4.57. The highest BCUT2D eigenvalue weighted by Crippen LogP contribution is 2.24. The van der Waals surface area contributed by atoms with Crippen LogP contribution < -0.4 is 5.73 Å². The number of aliphatic hydroxyl groups is 1. The molecular formula is C13H19FN2O. The van der Waals surface area contributed by atoms with Gasteiger partial charge in [0, 0.05) is 25.7 Å². The van der Waals surface area contributed by atoms with Crippen molar-refractivity contribution in [3.8, 4) is 0 Å². The Morgan fingerprint density at radius 1 is 1.41 bits per heavy atom. The van der Waals surface area contributed by atoms with Gasteiger partial charge in [0.1, 0.15) is 5.82 Å². The van der Waals surface area contributed by atoms with Crippen LogP contribution in [0.4, 0.5) is 4.39 Å². The van der Waals surface area contributed by atoms with E-state index in [9.17, 15) is 9.50 Å². The van der Waals surface area contributed by atoms with Crippen molar-refractivity contribution in [3.63, 3.8) is 0 Å². The Labute approximate surface area is 101 Å². The Bertz CT molecular complexity index is 364. The largest absolute Gasteiger partial charge is 0.393 e. The second-order valence-corrected chi connectivity index (χ2v) is 4.57. The highest BCUT2D eigenvalue weighted by Gasteiger charge is 2.24. The molecule has 0 aromatic heterocycles. The molecular weight excluding hydrogens is 219 g/mol. The molecule has 1 unspecified atom stereocenters. The number of likely N-dealkylation sites (tertiary alicyclic amines) is 1. The second kappa shape index (κ2) is 5.58. The summed E-state index contributed by atoms with van der Waals surface area (Å²) in [7, 11) is 0. The number of nitrogens with two attached hydrogens (primary N) is 1. The Balaban J connectivity index is 2.10. The van der Waals surface area contributed by atoms with Crippen molar-refractivity contribution in [1.29, 1.82) is 0 Å². The lowest BCUT2D eigenvalue weighted by molar-refractivity contribution is 0.0621. The summed E-state index contributed by atoms with van der Waals surface area (Å²) in [5.74, 6) is -0.224. The summed E-state index contributed by atoms with van der Waals surface area (Å²) < 4.78 is 13.2. The molecule has 1 aromatic carbocycles. The van der Waals surface area contributed by atoms with E-state index in [4.69, 9.17) is 5.73 Å². The van der Waals surface area contributed by atoms with Crippen LogP contribution in [0.1, 0.15) is 24.4 Å². The van der Waals surface area contributed by atoms with Crippen LogP contribution in [0.5, 0.6) is 0 Å². The summed E-state index contributed by atoms with van der Waals surface area (Å²) in [6, 6.07) is 6.66. The fourth-order valence-corrected chi connectivity index (χ4v) is 2.41. The molecule has 0 bridgehead atoms. The molecule has 0 radical (unpaired) electrons. The minimum atomic E-state index is -0.224. The molecule has 0 spiro atoms. The highest BCUT2D eigenvalue weighted by atomic mass is 19.1. The predicted molar refractivity (Wildman–Crippen MR) is 65.0 cm³/mol. The fourth-order valence-electron chi connectivity index (χ4n) is 2.41. The summed E-state index contributed by atoms with van der Waals surface area (Å²) in [6.45, 7) is 2.11. The van der Waals surface area contributed by atoms with Crippen LogP contribution in [0.3, 0.4) is 0 Å². The maximum Gasteiger partial charge on any atom is 0.123 e. The molecule has 1 fully saturated rings. The van der Waals surface area contributed by atoms with Crippen molar-refractivity contribution < 1.29 is 9.50 Å². The molecule has 2 rings (SSSR count). The van der Waals surface area contributed by atoms with Crippen LogP contribution >= 0.6 is 0 Å². The number of hydrogen-bond donors (Lipinski definition) is 2. The van der Waals surface area contributed by atoms with Crippen LogP contribution in [-0.2, 0) is 0 Å². The number of nitrogens with zero attached hydrogens (tertiary/aromatic N) is 1. The zero-order valence-corrected chi connectivity index (χ0v) is 9.85. The predicted octanol–water partition coefficient (Wildman–Crippen LogP) is 1.28. The lowest BCUT2D eigenvalue weighted by atomic mass is 10.0. The zero-order valence-electron chi connectivity index (χ0n) is 9.85. The van der Waals surface area contributed by atoms with E-state index in [0.717, 1.165) is 31.5 Å². The molecule has 1 aliphatic rings. The van der Waals surface area contributed by atoms with Crippen molar-refractivity contribution in [2.75, 3.05) is 19.6 Å². The quantitative estimate of drug-likeness (QED) is 0.834. The standard InChI is InChI=1S/C13H19FN2O/c14-11-3-1-2-10(8-11)13(9-15)16-6-4-12(17)5-7-16/h1-3,8,12-13,17H,4-7,9,15H2. The smallest absolute Gasteiger partial charge is 0.123 e. The van der Waals surface area contributed by atoms with Gasteiger partial charge in [0.2, 0.25) is 0 Å². The Hall–Kier alpha value is -0.970. The molecule has 4 heteroatoms. The van der Waals surface area contributed by atoms with Gasteiger partial charge in [-0.25, -0.2) is 4.39 Å². The topological polar surface area (TPSA) is 49.5 Å². The lowest BCUT2D eigenvalue weighted by Gasteiger charge is -2.35. The van der Waals surface area contributed by atoms with E-state index in [0.29, 0.717) is 6.54 Å². The van der Waals surface area contributed by atoms with Crippen LogP contribution in [0.15, 0.2) is 24.3 Å². The third-order valence-corrected chi connectivity index (χ3v) is 3.40. The Morgan fingerprint density at radius 3 is 2.71 bits per heavy atom. The molecule has 17 heavy (non-hydrogen) atoms. The maximum absolute atomic E-state index is 13.2. The van der Waals surface area contributed by atoms with E-state index in [1.807, 2.05) is 6.07 Å². The van der Waals surface area contributed by atoms with Gasteiger partial charge in [-0.3, -0.25) is 4.90 Å². The first-order chi connectivity index (χ1) is 8.20. The van der Waals surface area contributed by atoms with Crippen molar-refractivity contribution in [2.45, 2.75) is 25.0 Å². The first-order valence-corrected chi connectivity index (χ1v) is 6.08. The minimum Gasteiger partial charge on any atom is -0.393 e. The van der Waals surface area contributed by atoms with Gasteiger partial charge in [-0.1, -0.05) is 12.1 Å². The summed E-state index contributed by atoms with van der Waals surface area (Å²) in [6.07, 6.45) is 1.34.